The standard InChI is InChI=1S/C24H28N2O4/c1-2-28-20-10-7-18(8-11-20)21(27)17-26(24-6-4-3-5-13-25-24)19-9-12-22-23(16-19)30-15-14-29-22/h7-12,16H,2-6,13-15,17H2,1H3. The van der Waals surface area contributed by atoms with Gasteiger partial charge in [0.25, 0.3) is 0 Å². The van der Waals surface area contributed by atoms with Gasteiger partial charge in [-0.2, -0.15) is 0 Å². The Morgan fingerprint density at radius 1 is 1.03 bits per heavy atom. The molecule has 6 nitrogen and oxygen atoms in total. The van der Waals surface area contributed by atoms with Gasteiger partial charge in [0.2, 0.25) is 0 Å². The van der Waals surface area contributed by atoms with Gasteiger partial charge >= 0.3 is 0 Å². The molecule has 0 radical (unpaired) electrons. The van der Waals surface area contributed by atoms with Crippen molar-refractivity contribution in [1.82, 2.24) is 0 Å². The highest BCUT2D eigenvalue weighted by atomic mass is 16.6. The lowest BCUT2D eigenvalue weighted by atomic mass is 10.1. The van der Waals surface area contributed by atoms with E-state index in [4.69, 9.17) is 19.2 Å². The summed E-state index contributed by atoms with van der Waals surface area (Å²) in [6.45, 7) is 4.66. The Kier molecular flexibility index (Phi) is 6.52. The summed E-state index contributed by atoms with van der Waals surface area (Å²) in [5.41, 5.74) is 1.56. The number of hydrogen-bond donors (Lipinski definition) is 0. The van der Waals surface area contributed by atoms with Crippen molar-refractivity contribution in [1.29, 1.82) is 0 Å². The fraction of sp³-hybridized carbons (Fsp3) is 0.417. The highest BCUT2D eigenvalue weighted by Gasteiger charge is 2.22. The number of amidine groups is 1. The molecule has 0 aliphatic carbocycles. The molecule has 0 atom stereocenters. The summed E-state index contributed by atoms with van der Waals surface area (Å²) in [6, 6.07) is 13.2. The number of hydrogen-bond acceptors (Lipinski definition) is 6. The van der Waals surface area contributed by atoms with E-state index in [1.165, 1.54) is 0 Å². The first-order valence-corrected chi connectivity index (χ1v) is 10.7. The lowest BCUT2D eigenvalue weighted by molar-refractivity contribution is 0.100. The van der Waals surface area contributed by atoms with Crippen LogP contribution in [0.5, 0.6) is 17.2 Å². The number of fused-ring (bicyclic) bond motifs is 1. The maximum atomic E-state index is 13.1. The van der Waals surface area contributed by atoms with E-state index in [2.05, 4.69) is 0 Å². The van der Waals surface area contributed by atoms with Gasteiger partial charge in [0, 0.05) is 30.3 Å². The summed E-state index contributed by atoms with van der Waals surface area (Å²) in [7, 11) is 0. The van der Waals surface area contributed by atoms with Crippen LogP contribution in [0, 0.1) is 0 Å². The number of rotatable bonds is 6. The van der Waals surface area contributed by atoms with Crippen LogP contribution >= 0.6 is 0 Å². The highest BCUT2D eigenvalue weighted by Crippen LogP contribution is 2.34. The molecule has 2 aromatic rings. The van der Waals surface area contributed by atoms with Crippen molar-refractivity contribution >= 4 is 17.3 Å². The Bertz CT molecular complexity index is 908. The normalized spacial score (nSPS) is 15.7. The smallest absolute Gasteiger partial charge is 0.182 e. The van der Waals surface area contributed by atoms with Gasteiger partial charge in [0.05, 0.1) is 13.2 Å². The molecule has 0 amide bonds. The SMILES string of the molecule is CCOc1ccc(C(=O)CN(C2=NCCCCC2)c2ccc3c(c2)OCCO3)cc1. The fourth-order valence-corrected chi connectivity index (χ4v) is 3.75. The minimum atomic E-state index is 0.0416. The monoisotopic (exact) mass is 408 g/mol. The summed E-state index contributed by atoms with van der Waals surface area (Å²) >= 11 is 0. The molecule has 158 valence electrons. The average Bonchev–Trinajstić information content (AvgIpc) is 3.07. The lowest BCUT2D eigenvalue weighted by Gasteiger charge is -2.27. The van der Waals surface area contributed by atoms with E-state index < -0.39 is 0 Å². The maximum Gasteiger partial charge on any atom is 0.182 e. The van der Waals surface area contributed by atoms with Crippen molar-refractivity contribution in [2.24, 2.45) is 4.99 Å². The number of aliphatic imine (C=N–C) groups is 1. The molecular formula is C24H28N2O4. The average molecular weight is 408 g/mol. The van der Waals surface area contributed by atoms with Gasteiger partial charge < -0.3 is 19.1 Å². The van der Waals surface area contributed by atoms with E-state index >= 15 is 0 Å². The second kappa shape index (κ2) is 9.65. The molecule has 30 heavy (non-hydrogen) atoms. The van der Waals surface area contributed by atoms with Crippen molar-refractivity contribution in [3.8, 4) is 17.2 Å². The molecule has 2 aliphatic rings. The number of ketones is 1. The fourth-order valence-electron chi connectivity index (χ4n) is 3.75. The second-order valence-corrected chi connectivity index (χ2v) is 7.40. The van der Waals surface area contributed by atoms with Crippen LogP contribution in [0.15, 0.2) is 47.5 Å². The van der Waals surface area contributed by atoms with Gasteiger partial charge in [-0.15, -0.1) is 0 Å². The Morgan fingerprint density at radius 2 is 1.83 bits per heavy atom. The molecule has 0 fully saturated rings. The zero-order chi connectivity index (χ0) is 20.8. The van der Waals surface area contributed by atoms with Crippen molar-refractivity contribution in [2.75, 3.05) is 37.8 Å². The van der Waals surface area contributed by atoms with E-state index in [0.717, 1.165) is 55.3 Å². The van der Waals surface area contributed by atoms with Crippen LogP contribution < -0.4 is 19.1 Å². The molecule has 0 aromatic heterocycles. The number of anilines is 1. The summed E-state index contributed by atoms with van der Waals surface area (Å²) in [5, 5.41) is 0. The zero-order valence-corrected chi connectivity index (χ0v) is 17.4. The Balaban J connectivity index is 1.60. The van der Waals surface area contributed by atoms with E-state index in [1.807, 2.05) is 54.3 Å². The topological polar surface area (TPSA) is 60.4 Å². The molecular weight excluding hydrogens is 380 g/mol. The predicted octanol–water partition coefficient (Wildman–Crippen LogP) is 4.52. The molecule has 0 N–H and O–H groups in total. The molecule has 4 rings (SSSR count). The summed E-state index contributed by atoms with van der Waals surface area (Å²) in [6.07, 6.45) is 4.20. The van der Waals surface area contributed by atoms with Crippen LogP contribution in [0.3, 0.4) is 0 Å². The summed E-state index contributed by atoms with van der Waals surface area (Å²) < 4.78 is 16.9. The number of ether oxygens (including phenoxy) is 3. The van der Waals surface area contributed by atoms with Gasteiger partial charge in [-0.25, -0.2) is 0 Å². The predicted molar refractivity (Wildman–Crippen MR) is 117 cm³/mol. The third-order valence-electron chi connectivity index (χ3n) is 5.29. The molecule has 2 aromatic carbocycles. The van der Waals surface area contributed by atoms with Crippen molar-refractivity contribution in [2.45, 2.75) is 32.6 Å². The molecule has 2 heterocycles. The Morgan fingerprint density at radius 3 is 2.63 bits per heavy atom. The van der Waals surface area contributed by atoms with Crippen LogP contribution in [-0.2, 0) is 0 Å². The largest absolute Gasteiger partial charge is 0.494 e. The first-order valence-electron chi connectivity index (χ1n) is 10.7. The first kappa shape index (κ1) is 20.3. The molecule has 6 heteroatoms. The van der Waals surface area contributed by atoms with Gasteiger partial charge in [-0.05, 0) is 56.2 Å². The first-order chi connectivity index (χ1) is 14.7. The number of nitrogens with zero attached hydrogens (tertiary/aromatic N) is 2. The molecule has 0 bridgehead atoms. The maximum absolute atomic E-state index is 13.1. The van der Waals surface area contributed by atoms with E-state index in [1.54, 1.807) is 0 Å². The number of carbonyl (C=O) groups is 1. The summed E-state index contributed by atoms with van der Waals surface area (Å²) in [5.74, 6) is 3.23. The number of Topliss-reactive ketones (excluding diaryl/α,β-unsaturated/α-hetero) is 1. The van der Waals surface area contributed by atoms with Gasteiger partial charge in [-0.3, -0.25) is 9.79 Å². The molecule has 0 spiro atoms. The van der Waals surface area contributed by atoms with Crippen molar-refractivity contribution in [3.63, 3.8) is 0 Å². The van der Waals surface area contributed by atoms with Gasteiger partial charge in [0.15, 0.2) is 17.3 Å². The van der Waals surface area contributed by atoms with E-state index in [0.29, 0.717) is 31.1 Å². The quantitative estimate of drug-likeness (QED) is 0.658. The third-order valence-corrected chi connectivity index (χ3v) is 5.29. The van der Waals surface area contributed by atoms with Crippen LogP contribution in [0.25, 0.3) is 0 Å². The minimum absolute atomic E-state index is 0.0416. The number of carbonyl (C=O) groups excluding carboxylic acids is 1. The molecule has 0 saturated heterocycles. The van der Waals surface area contributed by atoms with Crippen LogP contribution in [0.1, 0.15) is 43.0 Å². The lowest BCUT2D eigenvalue weighted by Crippen LogP contribution is -2.36. The van der Waals surface area contributed by atoms with Gasteiger partial charge in [-0.1, -0.05) is 6.42 Å². The van der Waals surface area contributed by atoms with Crippen LogP contribution in [0.4, 0.5) is 5.69 Å². The van der Waals surface area contributed by atoms with Crippen molar-refractivity contribution < 1.29 is 19.0 Å². The number of benzene rings is 2. The van der Waals surface area contributed by atoms with Gasteiger partial charge in [0.1, 0.15) is 24.8 Å². The zero-order valence-electron chi connectivity index (χ0n) is 17.4. The van der Waals surface area contributed by atoms with E-state index in [9.17, 15) is 4.79 Å². The summed E-state index contributed by atoms with van der Waals surface area (Å²) in [4.78, 5) is 19.9. The highest BCUT2D eigenvalue weighted by molar-refractivity contribution is 6.07. The van der Waals surface area contributed by atoms with Crippen LogP contribution in [0.2, 0.25) is 0 Å². The second-order valence-electron chi connectivity index (χ2n) is 7.40. The van der Waals surface area contributed by atoms with E-state index in [-0.39, 0.29) is 12.3 Å². The third kappa shape index (κ3) is 4.75. The Hall–Kier alpha value is -3.02. The molecule has 0 unspecified atom stereocenters. The van der Waals surface area contributed by atoms with Crippen molar-refractivity contribution in [3.05, 3.63) is 48.0 Å². The molecule has 0 saturated carbocycles. The Labute approximate surface area is 177 Å². The molecule has 2 aliphatic heterocycles. The minimum Gasteiger partial charge on any atom is -0.494 e. The van der Waals surface area contributed by atoms with Crippen LogP contribution in [-0.4, -0.2) is 44.5 Å².